The molecule has 0 saturated carbocycles. The fourth-order valence-electron chi connectivity index (χ4n) is 3.82. The van der Waals surface area contributed by atoms with E-state index in [1.54, 1.807) is 0 Å². The van der Waals surface area contributed by atoms with Crippen LogP contribution in [0.3, 0.4) is 0 Å². The molecular formula is C25H22ClN4OPS. The lowest BCUT2D eigenvalue weighted by Crippen LogP contribution is -2.26. The first-order valence-electron chi connectivity index (χ1n) is 10.4. The molecule has 0 fully saturated rings. The van der Waals surface area contributed by atoms with Gasteiger partial charge in [0.05, 0.1) is 16.7 Å². The number of aromatic nitrogens is 2. The highest BCUT2D eigenvalue weighted by atomic mass is 35.5. The van der Waals surface area contributed by atoms with Gasteiger partial charge in [-0.2, -0.15) is 10.1 Å². The first-order valence-corrected chi connectivity index (χ1v) is 13.5. The molecule has 0 bridgehead atoms. The van der Waals surface area contributed by atoms with Gasteiger partial charge in [0.15, 0.2) is 12.1 Å². The van der Waals surface area contributed by atoms with E-state index < -0.39 is 6.26 Å². The van der Waals surface area contributed by atoms with Crippen molar-refractivity contribution >= 4 is 57.7 Å². The SMILES string of the molecule is Cc1nn(-c2ccccc2)c2c1P(=S)(c1ccc(N(C)C)cc1)OC(c1ccc(Cl)cc1)=N2. The van der Waals surface area contributed by atoms with Crippen molar-refractivity contribution in [3.8, 4) is 5.69 Å². The smallest absolute Gasteiger partial charge is 0.226 e. The van der Waals surface area contributed by atoms with Gasteiger partial charge in [-0.25, -0.2) is 4.68 Å². The highest BCUT2D eigenvalue weighted by molar-refractivity contribution is 8.19. The zero-order chi connectivity index (χ0) is 23.2. The first kappa shape index (κ1) is 21.9. The summed E-state index contributed by atoms with van der Waals surface area (Å²) in [5, 5.41) is 7.33. The van der Waals surface area contributed by atoms with E-state index in [0.717, 1.165) is 39.1 Å². The van der Waals surface area contributed by atoms with Crippen LogP contribution in [0.4, 0.5) is 11.5 Å². The minimum atomic E-state index is -2.71. The maximum atomic E-state index is 6.61. The van der Waals surface area contributed by atoms with Crippen LogP contribution in [0, 0.1) is 6.92 Å². The van der Waals surface area contributed by atoms with Crippen molar-refractivity contribution in [2.45, 2.75) is 6.92 Å². The summed E-state index contributed by atoms with van der Waals surface area (Å²) >= 11 is 12.5. The average Bonchev–Trinajstić information content (AvgIpc) is 3.17. The Bertz CT molecular complexity index is 1400. The first-order chi connectivity index (χ1) is 15.9. The van der Waals surface area contributed by atoms with Crippen molar-refractivity contribution in [2.24, 2.45) is 4.99 Å². The third-order valence-electron chi connectivity index (χ3n) is 5.52. The molecule has 8 heteroatoms. The number of nitrogens with zero attached hydrogens (tertiary/aromatic N) is 4. The third-order valence-corrected chi connectivity index (χ3v) is 9.70. The number of hydrogen-bond donors (Lipinski definition) is 0. The molecule has 1 aliphatic rings. The minimum absolute atomic E-state index is 0.483. The van der Waals surface area contributed by atoms with Gasteiger partial charge in [0.25, 0.3) is 0 Å². The second-order valence-electron chi connectivity index (χ2n) is 7.98. The summed E-state index contributed by atoms with van der Waals surface area (Å²) in [6, 6.07) is 25.7. The van der Waals surface area contributed by atoms with E-state index in [0.29, 0.717) is 10.9 Å². The number of fused-ring (bicyclic) bond motifs is 1. The van der Waals surface area contributed by atoms with Crippen LogP contribution in [-0.4, -0.2) is 29.8 Å². The number of hydrogen-bond acceptors (Lipinski definition) is 5. The van der Waals surface area contributed by atoms with Gasteiger partial charge in [-0.15, -0.1) is 0 Å². The topological polar surface area (TPSA) is 42.7 Å². The van der Waals surface area contributed by atoms with Crippen LogP contribution in [-0.2, 0) is 16.3 Å². The van der Waals surface area contributed by atoms with Crippen LogP contribution in [0.15, 0.2) is 83.9 Å². The number of anilines is 1. The van der Waals surface area contributed by atoms with Crippen molar-refractivity contribution in [1.82, 2.24) is 9.78 Å². The fraction of sp³-hybridized carbons (Fsp3) is 0.120. The summed E-state index contributed by atoms with van der Waals surface area (Å²) in [6.07, 6.45) is -2.71. The molecule has 0 saturated heterocycles. The number of aliphatic imine (C=N–C) groups is 1. The molecule has 0 amide bonds. The van der Waals surface area contributed by atoms with Crippen LogP contribution < -0.4 is 15.5 Å². The monoisotopic (exact) mass is 492 g/mol. The average molecular weight is 493 g/mol. The lowest BCUT2D eigenvalue weighted by molar-refractivity contribution is 0.622. The highest BCUT2D eigenvalue weighted by Gasteiger charge is 2.38. The Labute approximate surface area is 203 Å². The van der Waals surface area contributed by atoms with E-state index >= 15 is 0 Å². The molecule has 2 heterocycles. The summed E-state index contributed by atoms with van der Waals surface area (Å²) in [7, 11) is 4.03. The Morgan fingerprint density at radius 3 is 2.24 bits per heavy atom. The summed E-state index contributed by atoms with van der Waals surface area (Å²) < 4.78 is 8.47. The zero-order valence-electron chi connectivity index (χ0n) is 18.4. The van der Waals surface area contributed by atoms with Gasteiger partial charge < -0.3 is 9.42 Å². The predicted molar refractivity (Wildman–Crippen MR) is 141 cm³/mol. The summed E-state index contributed by atoms with van der Waals surface area (Å²) in [6.45, 7) is 1.97. The van der Waals surface area contributed by atoms with E-state index in [9.17, 15) is 0 Å². The Balaban J connectivity index is 1.74. The van der Waals surface area contributed by atoms with Gasteiger partial charge in [0, 0.05) is 35.7 Å². The van der Waals surface area contributed by atoms with Crippen molar-refractivity contribution in [1.29, 1.82) is 0 Å². The molecule has 5 rings (SSSR count). The largest absolute Gasteiger partial charge is 0.439 e. The molecule has 3 aromatic carbocycles. The van der Waals surface area contributed by atoms with E-state index in [1.807, 2.05) is 80.3 Å². The molecule has 166 valence electrons. The molecule has 0 spiro atoms. The van der Waals surface area contributed by atoms with Gasteiger partial charge in [-0.05, 0) is 79.4 Å². The van der Waals surface area contributed by atoms with Crippen molar-refractivity contribution in [3.05, 3.63) is 95.1 Å². The second-order valence-corrected chi connectivity index (χ2v) is 12.2. The summed E-state index contributed by atoms with van der Waals surface area (Å²) in [4.78, 5) is 6.97. The van der Waals surface area contributed by atoms with Crippen LogP contribution >= 0.6 is 17.9 Å². The van der Waals surface area contributed by atoms with Gasteiger partial charge in [0.1, 0.15) is 0 Å². The number of aryl methyl sites for hydroxylation is 1. The molecule has 1 aromatic heterocycles. The van der Waals surface area contributed by atoms with Crippen LogP contribution in [0.5, 0.6) is 0 Å². The van der Waals surface area contributed by atoms with Crippen LogP contribution in [0.25, 0.3) is 5.69 Å². The Kier molecular flexibility index (Phi) is 5.61. The van der Waals surface area contributed by atoms with Crippen molar-refractivity contribution < 1.29 is 4.52 Å². The molecule has 4 aromatic rings. The van der Waals surface area contributed by atoms with Crippen LogP contribution in [0.2, 0.25) is 5.02 Å². The van der Waals surface area contributed by atoms with Gasteiger partial charge in [-0.3, -0.25) is 0 Å². The number of rotatable bonds is 4. The Morgan fingerprint density at radius 2 is 1.61 bits per heavy atom. The normalized spacial score (nSPS) is 17.2. The van der Waals surface area contributed by atoms with Crippen LogP contribution in [0.1, 0.15) is 11.3 Å². The molecule has 33 heavy (non-hydrogen) atoms. The fourth-order valence-corrected chi connectivity index (χ4v) is 7.43. The van der Waals surface area contributed by atoms with Gasteiger partial charge >= 0.3 is 0 Å². The number of halogens is 1. The lowest BCUT2D eigenvalue weighted by atomic mass is 10.2. The van der Waals surface area contributed by atoms with E-state index in [4.69, 9.17) is 38.0 Å². The van der Waals surface area contributed by atoms with Gasteiger partial charge in [0.2, 0.25) is 5.90 Å². The lowest BCUT2D eigenvalue weighted by Gasteiger charge is -2.29. The maximum Gasteiger partial charge on any atom is 0.226 e. The molecule has 0 aliphatic carbocycles. The third kappa shape index (κ3) is 3.89. The Hall–Kier alpha value is -2.92. The molecule has 0 radical (unpaired) electrons. The highest BCUT2D eigenvalue weighted by Crippen LogP contribution is 2.52. The molecule has 1 aliphatic heterocycles. The second kappa shape index (κ2) is 8.45. The van der Waals surface area contributed by atoms with E-state index in [2.05, 4.69) is 29.2 Å². The van der Waals surface area contributed by atoms with Crippen molar-refractivity contribution in [2.75, 3.05) is 19.0 Å². The summed E-state index contributed by atoms with van der Waals surface area (Å²) in [5.74, 6) is 1.20. The van der Waals surface area contributed by atoms with Crippen molar-refractivity contribution in [3.63, 3.8) is 0 Å². The molecule has 1 atom stereocenters. The molecule has 1 unspecified atom stereocenters. The molecule has 0 N–H and O–H groups in total. The Morgan fingerprint density at radius 1 is 0.939 bits per heavy atom. The van der Waals surface area contributed by atoms with E-state index in [-0.39, 0.29) is 0 Å². The minimum Gasteiger partial charge on any atom is -0.439 e. The molecule has 5 nitrogen and oxygen atoms in total. The maximum absolute atomic E-state index is 6.61. The van der Waals surface area contributed by atoms with Gasteiger partial charge in [-0.1, -0.05) is 29.8 Å². The summed E-state index contributed by atoms with van der Waals surface area (Å²) in [5.41, 5.74) is 3.67. The zero-order valence-corrected chi connectivity index (χ0v) is 20.9. The number of benzene rings is 3. The predicted octanol–water partition coefficient (Wildman–Crippen LogP) is 5.35. The standard InChI is InChI=1S/C25H22ClN4OPS/c1-17-23-24(30(28-17)21-7-5-4-6-8-21)27-25(18-9-11-19(26)12-10-18)31-32(23,33)22-15-13-20(14-16-22)29(2)3/h4-16H,1-3H3. The van der Waals surface area contributed by atoms with E-state index in [1.165, 1.54) is 0 Å². The number of para-hydroxylation sites is 1. The quantitative estimate of drug-likeness (QED) is 0.360. The molecular weight excluding hydrogens is 471 g/mol.